The number of halogens is 1. The fourth-order valence-corrected chi connectivity index (χ4v) is 1.72. The second-order valence-electron chi connectivity index (χ2n) is 3.94. The number of benzene rings is 1. The van der Waals surface area contributed by atoms with Gasteiger partial charge in [0.25, 0.3) is 0 Å². The highest BCUT2D eigenvalue weighted by atomic mass is 35.5. The molecule has 0 aliphatic carbocycles. The van der Waals surface area contributed by atoms with Crippen LogP contribution in [0, 0.1) is 0 Å². The number of aliphatic carboxylic acids is 1. The maximum Gasteiger partial charge on any atom is 0.304 e. The Balaban J connectivity index is 2.54. The fourth-order valence-electron chi connectivity index (χ4n) is 1.60. The molecule has 0 aromatic heterocycles. The molecule has 0 amide bonds. The second kappa shape index (κ2) is 5.87. The van der Waals surface area contributed by atoms with Crippen LogP contribution < -0.4 is 5.32 Å². The Labute approximate surface area is 100 Å². The second-order valence-corrected chi connectivity index (χ2v) is 4.38. The molecule has 0 fully saturated rings. The van der Waals surface area contributed by atoms with Crippen molar-refractivity contribution in [2.45, 2.75) is 32.4 Å². The van der Waals surface area contributed by atoms with E-state index in [0.29, 0.717) is 5.02 Å². The lowest BCUT2D eigenvalue weighted by Gasteiger charge is -2.19. The Bertz CT molecular complexity index is 351. The number of hydrogen-bond acceptors (Lipinski definition) is 2. The maximum atomic E-state index is 10.5. The Kier molecular flexibility index (Phi) is 4.77. The van der Waals surface area contributed by atoms with Gasteiger partial charge in [-0.25, -0.2) is 0 Å². The van der Waals surface area contributed by atoms with Crippen LogP contribution in [-0.2, 0) is 4.79 Å². The third-order valence-electron chi connectivity index (χ3n) is 2.39. The van der Waals surface area contributed by atoms with Gasteiger partial charge in [0.1, 0.15) is 0 Å². The molecular weight excluding hydrogens is 226 g/mol. The summed E-state index contributed by atoms with van der Waals surface area (Å²) in [6.45, 7) is 3.86. The molecule has 88 valence electrons. The van der Waals surface area contributed by atoms with Gasteiger partial charge in [0, 0.05) is 17.1 Å². The summed E-state index contributed by atoms with van der Waals surface area (Å²) < 4.78 is 0. The van der Waals surface area contributed by atoms with Gasteiger partial charge in [-0.15, -0.1) is 0 Å². The third-order valence-corrected chi connectivity index (χ3v) is 2.64. The van der Waals surface area contributed by atoms with E-state index in [2.05, 4.69) is 5.32 Å². The Morgan fingerprint density at radius 3 is 2.44 bits per heavy atom. The van der Waals surface area contributed by atoms with Crippen molar-refractivity contribution in [3.8, 4) is 0 Å². The molecule has 0 saturated heterocycles. The summed E-state index contributed by atoms with van der Waals surface area (Å²) in [5.41, 5.74) is 1.10. The van der Waals surface area contributed by atoms with E-state index < -0.39 is 5.97 Å². The quantitative estimate of drug-likeness (QED) is 0.834. The third kappa shape index (κ3) is 4.21. The van der Waals surface area contributed by atoms with E-state index in [1.807, 2.05) is 38.1 Å². The van der Waals surface area contributed by atoms with Crippen LogP contribution in [0.15, 0.2) is 24.3 Å². The van der Waals surface area contributed by atoms with Gasteiger partial charge in [0.15, 0.2) is 0 Å². The van der Waals surface area contributed by atoms with Crippen LogP contribution in [0.4, 0.5) is 0 Å². The van der Waals surface area contributed by atoms with Crippen LogP contribution in [-0.4, -0.2) is 17.1 Å². The summed E-state index contributed by atoms with van der Waals surface area (Å²) >= 11 is 5.79. The van der Waals surface area contributed by atoms with Crippen LogP contribution in [0.5, 0.6) is 0 Å². The summed E-state index contributed by atoms with van der Waals surface area (Å²) in [4.78, 5) is 10.5. The molecule has 0 radical (unpaired) electrons. The van der Waals surface area contributed by atoms with E-state index in [9.17, 15) is 4.79 Å². The zero-order valence-corrected chi connectivity index (χ0v) is 10.2. The first-order chi connectivity index (χ1) is 7.49. The molecule has 16 heavy (non-hydrogen) atoms. The summed E-state index contributed by atoms with van der Waals surface area (Å²) in [5.74, 6) is -0.789. The predicted molar refractivity (Wildman–Crippen MR) is 64.7 cm³/mol. The van der Waals surface area contributed by atoms with Crippen LogP contribution in [0.3, 0.4) is 0 Å². The Hall–Kier alpha value is -1.06. The van der Waals surface area contributed by atoms with Crippen molar-refractivity contribution in [3.05, 3.63) is 34.9 Å². The minimum absolute atomic E-state index is 0.0526. The van der Waals surface area contributed by atoms with Gasteiger partial charge in [-0.1, -0.05) is 23.7 Å². The minimum atomic E-state index is -0.789. The molecule has 0 bridgehead atoms. The molecule has 1 aromatic rings. The lowest BCUT2D eigenvalue weighted by Crippen LogP contribution is -2.30. The lowest BCUT2D eigenvalue weighted by atomic mass is 10.1. The average molecular weight is 242 g/mol. The lowest BCUT2D eigenvalue weighted by molar-refractivity contribution is -0.137. The zero-order valence-electron chi connectivity index (χ0n) is 9.40. The Morgan fingerprint density at radius 2 is 1.94 bits per heavy atom. The first kappa shape index (κ1) is 13.0. The summed E-state index contributed by atoms with van der Waals surface area (Å²) in [7, 11) is 0. The monoisotopic (exact) mass is 241 g/mol. The van der Waals surface area contributed by atoms with E-state index in [0.717, 1.165) is 5.56 Å². The van der Waals surface area contributed by atoms with Gasteiger partial charge in [0.2, 0.25) is 0 Å². The van der Waals surface area contributed by atoms with Crippen molar-refractivity contribution in [1.82, 2.24) is 5.32 Å². The minimum Gasteiger partial charge on any atom is -0.481 e. The van der Waals surface area contributed by atoms with Crippen LogP contribution >= 0.6 is 11.6 Å². The highest BCUT2D eigenvalue weighted by Gasteiger charge is 2.11. The highest BCUT2D eigenvalue weighted by Crippen LogP contribution is 2.16. The molecule has 0 heterocycles. The van der Waals surface area contributed by atoms with Gasteiger partial charge < -0.3 is 10.4 Å². The van der Waals surface area contributed by atoms with E-state index in [1.165, 1.54) is 0 Å². The van der Waals surface area contributed by atoms with Crippen molar-refractivity contribution < 1.29 is 9.90 Å². The summed E-state index contributed by atoms with van der Waals surface area (Å²) in [6.07, 6.45) is 0.123. The van der Waals surface area contributed by atoms with Gasteiger partial charge in [-0.05, 0) is 31.5 Å². The van der Waals surface area contributed by atoms with Gasteiger partial charge >= 0.3 is 5.97 Å². The molecule has 4 heteroatoms. The molecule has 0 aliphatic heterocycles. The van der Waals surface area contributed by atoms with E-state index in [1.54, 1.807) is 0 Å². The first-order valence-corrected chi connectivity index (χ1v) is 5.60. The number of hydrogen-bond donors (Lipinski definition) is 2. The van der Waals surface area contributed by atoms with Crippen LogP contribution in [0.1, 0.15) is 31.9 Å². The standard InChI is InChI=1S/C12H16ClNO2/c1-8(7-12(15)16)14-9(2)10-3-5-11(13)6-4-10/h3-6,8-9,14H,7H2,1-2H3,(H,15,16)/t8?,9-/m0/s1. The molecule has 2 atom stereocenters. The fraction of sp³-hybridized carbons (Fsp3) is 0.417. The number of carbonyl (C=O) groups is 1. The van der Waals surface area contributed by atoms with E-state index in [-0.39, 0.29) is 18.5 Å². The number of rotatable bonds is 5. The average Bonchev–Trinajstić information content (AvgIpc) is 2.16. The number of nitrogens with one attached hydrogen (secondary N) is 1. The van der Waals surface area contributed by atoms with E-state index >= 15 is 0 Å². The van der Waals surface area contributed by atoms with Crippen molar-refractivity contribution in [3.63, 3.8) is 0 Å². The topological polar surface area (TPSA) is 49.3 Å². The number of carboxylic acid groups (broad SMARTS) is 1. The van der Waals surface area contributed by atoms with Crippen LogP contribution in [0.2, 0.25) is 5.02 Å². The largest absolute Gasteiger partial charge is 0.481 e. The van der Waals surface area contributed by atoms with Crippen molar-refractivity contribution >= 4 is 17.6 Å². The molecule has 1 rings (SSSR count). The molecule has 3 nitrogen and oxygen atoms in total. The smallest absolute Gasteiger partial charge is 0.304 e. The molecule has 0 saturated carbocycles. The van der Waals surface area contributed by atoms with Gasteiger partial charge in [0.05, 0.1) is 6.42 Å². The van der Waals surface area contributed by atoms with Crippen molar-refractivity contribution in [2.24, 2.45) is 0 Å². The molecule has 1 aromatic carbocycles. The summed E-state index contributed by atoms with van der Waals surface area (Å²) in [5, 5.41) is 12.6. The van der Waals surface area contributed by atoms with E-state index in [4.69, 9.17) is 16.7 Å². The van der Waals surface area contributed by atoms with Crippen molar-refractivity contribution in [1.29, 1.82) is 0 Å². The van der Waals surface area contributed by atoms with Gasteiger partial charge in [-0.3, -0.25) is 4.79 Å². The highest BCUT2D eigenvalue weighted by molar-refractivity contribution is 6.30. The Morgan fingerprint density at radius 1 is 1.38 bits per heavy atom. The zero-order chi connectivity index (χ0) is 12.1. The SMILES string of the molecule is CC(CC(=O)O)N[C@@H](C)c1ccc(Cl)cc1. The maximum absolute atomic E-state index is 10.5. The van der Waals surface area contributed by atoms with Crippen LogP contribution in [0.25, 0.3) is 0 Å². The molecule has 0 spiro atoms. The first-order valence-electron chi connectivity index (χ1n) is 5.22. The van der Waals surface area contributed by atoms with Crippen molar-refractivity contribution in [2.75, 3.05) is 0 Å². The molecular formula is C12H16ClNO2. The predicted octanol–water partition coefficient (Wildman–Crippen LogP) is 2.85. The number of carboxylic acids is 1. The molecule has 2 N–H and O–H groups in total. The molecule has 0 aliphatic rings. The van der Waals surface area contributed by atoms with Gasteiger partial charge in [-0.2, -0.15) is 0 Å². The normalized spacial score (nSPS) is 14.4. The molecule has 1 unspecified atom stereocenters. The summed E-state index contributed by atoms with van der Waals surface area (Å²) in [6, 6.07) is 7.60.